The number of rotatable bonds is 5. The Balaban J connectivity index is 1.82. The standard InChI is InChI=1S/C16H16N2O5S2/c19-15(18-8-2-6-13(18)16(20)21)11-4-1-5-12(10-11)17-25(22,23)14-7-3-9-24-14/h1,3-5,7,9-10,13,17H,2,6,8H2,(H,20,21). The van der Waals surface area contributed by atoms with Crippen molar-refractivity contribution in [3.05, 3.63) is 47.3 Å². The predicted octanol–water partition coefficient (Wildman–Crippen LogP) is 2.24. The van der Waals surface area contributed by atoms with E-state index in [0.29, 0.717) is 19.4 Å². The first-order chi connectivity index (χ1) is 11.9. The summed E-state index contributed by atoms with van der Waals surface area (Å²) in [6.07, 6.45) is 1.05. The minimum atomic E-state index is -3.71. The highest BCUT2D eigenvalue weighted by atomic mass is 32.2. The van der Waals surface area contributed by atoms with Crippen molar-refractivity contribution in [1.82, 2.24) is 4.90 Å². The van der Waals surface area contributed by atoms with Gasteiger partial charge in [0, 0.05) is 17.8 Å². The van der Waals surface area contributed by atoms with Crippen molar-refractivity contribution in [3.8, 4) is 0 Å². The first-order valence-corrected chi connectivity index (χ1v) is 9.95. The summed E-state index contributed by atoms with van der Waals surface area (Å²) in [5.74, 6) is -1.44. The largest absolute Gasteiger partial charge is 0.480 e. The summed E-state index contributed by atoms with van der Waals surface area (Å²) in [4.78, 5) is 25.2. The molecule has 7 nitrogen and oxygen atoms in total. The number of sulfonamides is 1. The van der Waals surface area contributed by atoms with Crippen molar-refractivity contribution < 1.29 is 23.1 Å². The van der Waals surface area contributed by atoms with Gasteiger partial charge in [0.1, 0.15) is 10.3 Å². The molecule has 1 amide bonds. The van der Waals surface area contributed by atoms with Crippen molar-refractivity contribution in [2.75, 3.05) is 11.3 Å². The molecule has 1 aliphatic heterocycles. The molecule has 0 radical (unpaired) electrons. The quantitative estimate of drug-likeness (QED) is 0.828. The van der Waals surface area contributed by atoms with Crippen LogP contribution in [0.15, 0.2) is 46.0 Å². The highest BCUT2D eigenvalue weighted by Gasteiger charge is 2.34. The number of benzene rings is 1. The first kappa shape index (κ1) is 17.4. The second-order valence-corrected chi connectivity index (χ2v) is 8.47. The minimum absolute atomic E-state index is 0.176. The number of carboxylic acid groups (broad SMARTS) is 1. The molecule has 1 unspecified atom stereocenters. The van der Waals surface area contributed by atoms with Crippen LogP contribution in [0.3, 0.4) is 0 Å². The normalized spacial score (nSPS) is 17.4. The summed E-state index contributed by atoms with van der Waals surface area (Å²) in [6, 6.07) is 8.36. The van der Waals surface area contributed by atoms with E-state index in [1.54, 1.807) is 29.6 Å². The zero-order chi connectivity index (χ0) is 18.0. The van der Waals surface area contributed by atoms with E-state index in [1.165, 1.54) is 17.0 Å². The number of amides is 1. The van der Waals surface area contributed by atoms with Crippen LogP contribution in [0.1, 0.15) is 23.2 Å². The van der Waals surface area contributed by atoms with Crippen molar-refractivity contribution in [1.29, 1.82) is 0 Å². The van der Waals surface area contributed by atoms with Gasteiger partial charge in [0.25, 0.3) is 15.9 Å². The van der Waals surface area contributed by atoms with E-state index in [2.05, 4.69) is 4.72 Å². The fourth-order valence-electron chi connectivity index (χ4n) is 2.77. The monoisotopic (exact) mass is 380 g/mol. The third-order valence-electron chi connectivity index (χ3n) is 3.92. The van der Waals surface area contributed by atoms with E-state index in [1.807, 2.05) is 0 Å². The van der Waals surface area contributed by atoms with Gasteiger partial charge in [-0.15, -0.1) is 11.3 Å². The highest BCUT2D eigenvalue weighted by Crippen LogP contribution is 2.24. The van der Waals surface area contributed by atoms with E-state index in [-0.39, 0.29) is 15.5 Å². The third-order valence-corrected chi connectivity index (χ3v) is 6.70. The van der Waals surface area contributed by atoms with Crippen LogP contribution in [0, 0.1) is 0 Å². The molecule has 1 aromatic heterocycles. The molecule has 25 heavy (non-hydrogen) atoms. The number of hydrogen-bond acceptors (Lipinski definition) is 5. The van der Waals surface area contributed by atoms with Gasteiger partial charge in [-0.25, -0.2) is 13.2 Å². The Morgan fingerprint density at radius 3 is 2.72 bits per heavy atom. The lowest BCUT2D eigenvalue weighted by atomic mass is 10.1. The van der Waals surface area contributed by atoms with Gasteiger partial charge in [0.15, 0.2) is 0 Å². The van der Waals surface area contributed by atoms with Crippen LogP contribution < -0.4 is 4.72 Å². The molecule has 0 saturated carbocycles. The lowest BCUT2D eigenvalue weighted by Crippen LogP contribution is -2.40. The average Bonchev–Trinajstić information content (AvgIpc) is 3.25. The number of thiophene rings is 1. The number of carbonyl (C=O) groups excluding carboxylic acids is 1. The SMILES string of the molecule is O=C(O)C1CCCN1C(=O)c1cccc(NS(=O)(=O)c2cccs2)c1. The number of hydrogen-bond donors (Lipinski definition) is 2. The Morgan fingerprint density at radius 2 is 2.04 bits per heavy atom. The van der Waals surface area contributed by atoms with Crippen molar-refractivity contribution in [3.63, 3.8) is 0 Å². The molecule has 9 heteroatoms. The Bertz CT molecular complexity index is 893. The molecule has 0 aliphatic carbocycles. The fourth-order valence-corrected chi connectivity index (χ4v) is 4.81. The zero-order valence-corrected chi connectivity index (χ0v) is 14.7. The summed E-state index contributed by atoms with van der Waals surface area (Å²) < 4.78 is 27.1. The molecule has 132 valence electrons. The molecular weight excluding hydrogens is 364 g/mol. The summed E-state index contributed by atoms with van der Waals surface area (Å²) in [7, 11) is -3.71. The maximum atomic E-state index is 12.6. The van der Waals surface area contributed by atoms with Crippen LogP contribution in [-0.2, 0) is 14.8 Å². The Morgan fingerprint density at radius 1 is 1.24 bits per heavy atom. The topological polar surface area (TPSA) is 104 Å². The Hall–Kier alpha value is -2.39. The van der Waals surface area contributed by atoms with Gasteiger partial charge in [-0.3, -0.25) is 9.52 Å². The first-order valence-electron chi connectivity index (χ1n) is 7.58. The molecule has 2 N–H and O–H groups in total. The summed E-state index contributed by atoms with van der Waals surface area (Å²) >= 11 is 1.09. The number of carbonyl (C=O) groups is 2. The number of likely N-dealkylation sites (tertiary alicyclic amines) is 1. The van der Waals surface area contributed by atoms with Crippen molar-refractivity contribution in [2.45, 2.75) is 23.1 Å². The molecule has 0 spiro atoms. The Kier molecular flexibility index (Phi) is 4.78. The molecule has 0 bridgehead atoms. The van der Waals surface area contributed by atoms with E-state index in [9.17, 15) is 23.1 Å². The minimum Gasteiger partial charge on any atom is -0.480 e. The summed E-state index contributed by atoms with van der Waals surface area (Å²) in [5.41, 5.74) is 0.504. The predicted molar refractivity (Wildman–Crippen MR) is 93.3 cm³/mol. The van der Waals surface area contributed by atoms with Crippen LogP contribution in [-0.4, -0.2) is 42.9 Å². The molecule has 1 aliphatic rings. The fraction of sp³-hybridized carbons (Fsp3) is 0.250. The molecule has 1 atom stereocenters. The molecule has 1 aromatic carbocycles. The van der Waals surface area contributed by atoms with Gasteiger partial charge in [-0.05, 0) is 42.5 Å². The zero-order valence-electron chi connectivity index (χ0n) is 13.1. The van der Waals surface area contributed by atoms with E-state index in [0.717, 1.165) is 11.3 Å². The van der Waals surface area contributed by atoms with E-state index < -0.39 is 27.9 Å². The van der Waals surface area contributed by atoms with Crippen molar-refractivity contribution >= 4 is 38.9 Å². The molecule has 1 fully saturated rings. The summed E-state index contributed by atoms with van der Waals surface area (Å²) in [5, 5.41) is 10.9. The number of nitrogens with zero attached hydrogens (tertiary/aromatic N) is 1. The maximum absolute atomic E-state index is 12.6. The third kappa shape index (κ3) is 3.67. The van der Waals surface area contributed by atoms with Gasteiger partial charge < -0.3 is 10.0 Å². The summed E-state index contributed by atoms with van der Waals surface area (Å²) in [6.45, 7) is 0.376. The molecule has 3 rings (SSSR count). The van der Waals surface area contributed by atoms with Gasteiger partial charge in [-0.1, -0.05) is 12.1 Å². The highest BCUT2D eigenvalue weighted by molar-refractivity contribution is 7.94. The van der Waals surface area contributed by atoms with E-state index >= 15 is 0 Å². The Labute approximate surface area is 149 Å². The van der Waals surface area contributed by atoms with Gasteiger partial charge in [-0.2, -0.15) is 0 Å². The molecule has 2 aromatic rings. The smallest absolute Gasteiger partial charge is 0.326 e. The number of aliphatic carboxylic acids is 1. The lowest BCUT2D eigenvalue weighted by molar-refractivity contribution is -0.141. The second-order valence-electron chi connectivity index (χ2n) is 5.61. The average molecular weight is 380 g/mol. The van der Waals surface area contributed by atoms with Gasteiger partial charge in [0.05, 0.1) is 0 Å². The van der Waals surface area contributed by atoms with Crippen LogP contribution in [0.5, 0.6) is 0 Å². The second kappa shape index (κ2) is 6.85. The van der Waals surface area contributed by atoms with Crippen LogP contribution in [0.4, 0.5) is 5.69 Å². The molecule has 2 heterocycles. The van der Waals surface area contributed by atoms with Gasteiger partial charge >= 0.3 is 5.97 Å². The van der Waals surface area contributed by atoms with Crippen LogP contribution in [0.25, 0.3) is 0 Å². The molecular formula is C16H16N2O5S2. The number of nitrogens with one attached hydrogen (secondary N) is 1. The van der Waals surface area contributed by atoms with Crippen LogP contribution >= 0.6 is 11.3 Å². The number of anilines is 1. The maximum Gasteiger partial charge on any atom is 0.326 e. The molecule has 1 saturated heterocycles. The van der Waals surface area contributed by atoms with Gasteiger partial charge in [0.2, 0.25) is 0 Å². The van der Waals surface area contributed by atoms with E-state index in [4.69, 9.17) is 0 Å². The van der Waals surface area contributed by atoms with Crippen molar-refractivity contribution in [2.24, 2.45) is 0 Å². The lowest BCUT2D eigenvalue weighted by Gasteiger charge is -2.21. The van der Waals surface area contributed by atoms with Crippen LogP contribution in [0.2, 0.25) is 0 Å². The number of carboxylic acids is 1.